The first kappa shape index (κ1) is 33.6. The third kappa shape index (κ3) is 7.94. The van der Waals surface area contributed by atoms with Crippen molar-refractivity contribution in [3.05, 3.63) is 83.9 Å². The van der Waals surface area contributed by atoms with Crippen LogP contribution in [0.25, 0.3) is 22.3 Å². The number of nitrogens with one attached hydrogen (secondary N) is 1. The van der Waals surface area contributed by atoms with E-state index in [9.17, 15) is 44.1 Å². The summed E-state index contributed by atoms with van der Waals surface area (Å²) in [6, 6.07) is 20.2. The Morgan fingerprint density at radius 3 is 1.83 bits per heavy atom. The van der Waals surface area contributed by atoms with E-state index in [1.807, 2.05) is 36.4 Å². The zero-order chi connectivity index (χ0) is 31.4. The quantitative estimate of drug-likeness (QED) is 0.102. The first-order chi connectivity index (χ1) is 19.4. The molecule has 3 rings (SSSR count). The Morgan fingerprint density at radius 2 is 1.26 bits per heavy atom. The number of rotatable bonds is 13. The highest BCUT2D eigenvalue weighted by Gasteiger charge is 2.81. The molecule has 0 heterocycles. The van der Waals surface area contributed by atoms with Gasteiger partial charge in [0.05, 0.1) is 6.16 Å². The highest BCUT2D eigenvalue weighted by atomic mass is 31.2. The summed E-state index contributed by atoms with van der Waals surface area (Å²) in [5.41, 5.74) is 3.79. The van der Waals surface area contributed by atoms with E-state index in [4.69, 9.17) is 9.79 Å². The fraction of sp³-hybridized carbons (Fsp3) is 0.357. The lowest BCUT2D eigenvalue weighted by atomic mass is 9.91. The van der Waals surface area contributed by atoms with E-state index in [1.54, 1.807) is 12.1 Å². The van der Waals surface area contributed by atoms with Gasteiger partial charge in [-0.3, -0.25) is 4.57 Å². The van der Waals surface area contributed by atoms with E-state index in [0.29, 0.717) is 24.2 Å². The van der Waals surface area contributed by atoms with Gasteiger partial charge >= 0.3 is 31.5 Å². The monoisotopic (exact) mass is 627 g/mol. The molecule has 14 heteroatoms. The maximum Gasteiger partial charge on any atom is 0.460 e. The minimum Gasteiger partial charge on any atom is -0.324 e. The predicted octanol–water partition coefficient (Wildman–Crippen LogP) is 8.08. The summed E-state index contributed by atoms with van der Waals surface area (Å²) in [6.45, 7) is 0.764. The van der Waals surface area contributed by atoms with Crippen LogP contribution < -0.4 is 5.32 Å². The zero-order valence-corrected chi connectivity index (χ0v) is 22.7. The fourth-order valence-electron chi connectivity index (χ4n) is 4.17. The SMILES string of the molecule is O=P(O)(O)CCCNCc1ccc(-c2ccc(CCC(F)(F)C(F)(F)C(F)(F)C(F)(F)F)cc2)c(-c2ccccc2)c1. The van der Waals surface area contributed by atoms with Crippen molar-refractivity contribution in [2.75, 3.05) is 12.7 Å². The van der Waals surface area contributed by atoms with Crippen LogP contribution in [0.5, 0.6) is 0 Å². The summed E-state index contributed by atoms with van der Waals surface area (Å²) in [7, 11) is -4.08. The van der Waals surface area contributed by atoms with Crippen LogP contribution in [0.1, 0.15) is 24.0 Å². The van der Waals surface area contributed by atoms with Gasteiger partial charge < -0.3 is 15.1 Å². The molecule has 0 radical (unpaired) electrons. The summed E-state index contributed by atoms with van der Waals surface area (Å²) in [5, 5.41) is 3.11. The van der Waals surface area contributed by atoms with Gasteiger partial charge in [-0.15, -0.1) is 0 Å². The minimum absolute atomic E-state index is 0.0296. The zero-order valence-electron chi connectivity index (χ0n) is 21.8. The average Bonchev–Trinajstić information content (AvgIpc) is 2.91. The predicted molar refractivity (Wildman–Crippen MR) is 140 cm³/mol. The second-order valence-corrected chi connectivity index (χ2v) is 11.5. The lowest BCUT2D eigenvalue weighted by Gasteiger charge is -2.33. The van der Waals surface area contributed by atoms with Gasteiger partial charge in [0.15, 0.2) is 0 Å². The molecule has 0 unspecified atom stereocenters. The first-order valence-corrected chi connectivity index (χ1v) is 14.4. The number of alkyl halides is 9. The molecule has 0 fully saturated rings. The molecular weight excluding hydrogens is 600 g/mol. The summed E-state index contributed by atoms with van der Waals surface area (Å²) in [5.74, 6) is -19.2. The Balaban J connectivity index is 1.78. The molecule has 0 aliphatic rings. The molecule has 42 heavy (non-hydrogen) atoms. The van der Waals surface area contributed by atoms with Gasteiger partial charge in [-0.25, -0.2) is 0 Å². The van der Waals surface area contributed by atoms with E-state index in [2.05, 4.69) is 5.32 Å². The minimum atomic E-state index is -6.91. The van der Waals surface area contributed by atoms with Crippen LogP contribution in [0.2, 0.25) is 0 Å². The third-order valence-corrected chi connectivity index (χ3v) is 7.40. The van der Waals surface area contributed by atoms with Gasteiger partial charge in [0.25, 0.3) is 0 Å². The molecule has 0 aliphatic carbocycles. The van der Waals surface area contributed by atoms with Crippen molar-refractivity contribution in [2.45, 2.75) is 49.8 Å². The molecule has 0 aromatic heterocycles. The Morgan fingerprint density at radius 1 is 0.690 bits per heavy atom. The van der Waals surface area contributed by atoms with Crippen molar-refractivity contribution in [1.29, 1.82) is 0 Å². The van der Waals surface area contributed by atoms with Crippen molar-refractivity contribution in [3.8, 4) is 22.3 Å². The molecule has 0 saturated heterocycles. The van der Waals surface area contributed by atoms with Crippen molar-refractivity contribution in [2.24, 2.45) is 0 Å². The molecular formula is C28H27F9NO3P. The van der Waals surface area contributed by atoms with E-state index in [0.717, 1.165) is 16.7 Å². The van der Waals surface area contributed by atoms with Gasteiger partial charge in [0.1, 0.15) is 0 Å². The fourth-order valence-corrected chi connectivity index (χ4v) is 4.74. The van der Waals surface area contributed by atoms with Crippen LogP contribution >= 0.6 is 7.60 Å². The van der Waals surface area contributed by atoms with Crippen LogP contribution in [0, 0.1) is 0 Å². The van der Waals surface area contributed by atoms with Gasteiger partial charge in [0.2, 0.25) is 0 Å². The molecule has 4 nitrogen and oxygen atoms in total. The Labute approximate surface area is 235 Å². The second-order valence-electron chi connectivity index (χ2n) is 9.71. The van der Waals surface area contributed by atoms with Crippen LogP contribution in [0.4, 0.5) is 39.5 Å². The summed E-state index contributed by atoms with van der Waals surface area (Å²) >= 11 is 0. The first-order valence-electron chi connectivity index (χ1n) is 12.6. The van der Waals surface area contributed by atoms with Gasteiger partial charge in [-0.05, 0) is 58.8 Å². The molecule has 0 saturated carbocycles. The molecule has 3 N–H and O–H groups in total. The molecule has 3 aromatic rings. The van der Waals surface area contributed by atoms with E-state index in [1.165, 1.54) is 24.3 Å². The molecule has 230 valence electrons. The topological polar surface area (TPSA) is 69.6 Å². The second kappa shape index (κ2) is 12.8. The van der Waals surface area contributed by atoms with Crippen molar-refractivity contribution >= 4 is 7.60 Å². The Bertz CT molecular complexity index is 1380. The Kier molecular flexibility index (Phi) is 10.2. The molecule has 0 amide bonds. The standard InChI is InChI=1S/C28H27F9NO3P/c29-25(30,26(31,32)27(33,34)28(35,36)37)14-13-19-7-10-22(11-8-19)23-12-9-20(18-38-15-4-16-42(39,40)41)17-24(23)21-5-2-1-3-6-21/h1-3,5-12,17,38H,4,13-16,18H2,(H2,39,40,41). The van der Waals surface area contributed by atoms with Crippen molar-refractivity contribution in [3.63, 3.8) is 0 Å². The smallest absolute Gasteiger partial charge is 0.324 e. The van der Waals surface area contributed by atoms with Crippen molar-refractivity contribution < 1.29 is 53.9 Å². The molecule has 3 aromatic carbocycles. The number of benzene rings is 3. The summed E-state index contributed by atoms with van der Waals surface area (Å²) < 4.78 is 129. The van der Waals surface area contributed by atoms with Crippen LogP contribution in [-0.4, -0.2) is 46.4 Å². The number of halogens is 9. The van der Waals surface area contributed by atoms with Crippen LogP contribution in [0.3, 0.4) is 0 Å². The van der Waals surface area contributed by atoms with Crippen LogP contribution in [0.15, 0.2) is 72.8 Å². The van der Waals surface area contributed by atoms with E-state index >= 15 is 0 Å². The highest BCUT2D eigenvalue weighted by Crippen LogP contribution is 2.54. The third-order valence-electron chi connectivity index (χ3n) is 6.50. The molecule has 0 atom stereocenters. The van der Waals surface area contributed by atoms with Gasteiger partial charge in [0, 0.05) is 13.0 Å². The van der Waals surface area contributed by atoms with E-state index in [-0.39, 0.29) is 18.1 Å². The number of hydrogen-bond donors (Lipinski definition) is 3. The maximum absolute atomic E-state index is 13.9. The molecule has 0 bridgehead atoms. The lowest BCUT2D eigenvalue weighted by Crippen LogP contribution is -2.60. The number of hydrogen-bond acceptors (Lipinski definition) is 2. The maximum atomic E-state index is 13.9. The van der Waals surface area contributed by atoms with Crippen LogP contribution in [-0.2, 0) is 17.5 Å². The molecule has 0 aliphatic heterocycles. The van der Waals surface area contributed by atoms with Crippen molar-refractivity contribution in [1.82, 2.24) is 5.32 Å². The van der Waals surface area contributed by atoms with E-state index < -0.39 is 44.4 Å². The highest BCUT2D eigenvalue weighted by molar-refractivity contribution is 7.51. The summed E-state index contributed by atoms with van der Waals surface area (Å²) in [6.07, 6.45) is -9.64. The normalized spacial score (nSPS) is 13.4. The average molecular weight is 627 g/mol. The van der Waals surface area contributed by atoms with Gasteiger partial charge in [-0.1, -0.05) is 66.7 Å². The lowest BCUT2D eigenvalue weighted by molar-refractivity contribution is -0.396. The van der Waals surface area contributed by atoms with Gasteiger partial charge in [-0.2, -0.15) is 39.5 Å². The summed E-state index contributed by atoms with van der Waals surface area (Å²) in [4.78, 5) is 17.9. The largest absolute Gasteiger partial charge is 0.460 e. The Hall–Kier alpha value is -2.86. The molecule has 0 spiro atoms. The number of aryl methyl sites for hydroxylation is 1.